The van der Waals surface area contributed by atoms with Crippen LogP contribution in [-0.2, 0) is 10.3 Å². The van der Waals surface area contributed by atoms with Crippen LogP contribution >= 0.6 is 0 Å². The second-order valence-corrected chi connectivity index (χ2v) is 6.74. The molecule has 0 amide bonds. The van der Waals surface area contributed by atoms with Gasteiger partial charge in [-0.3, -0.25) is 4.90 Å². The number of hydrogen-bond donors (Lipinski definition) is 1. The standard InChI is InChI=1S/C21H27NO2/c1-21(23,12-7-13-22-14-16-24-17-15-22)20-11-6-5-10-19(20)18-8-3-2-4-9-18/h2-6,8-11,23H,7,12-17H2,1H3. The van der Waals surface area contributed by atoms with Gasteiger partial charge in [-0.1, -0.05) is 54.6 Å². The van der Waals surface area contributed by atoms with E-state index < -0.39 is 5.60 Å². The molecule has 0 saturated carbocycles. The molecule has 3 heteroatoms. The highest BCUT2D eigenvalue weighted by molar-refractivity contribution is 5.68. The maximum Gasteiger partial charge on any atom is 0.0875 e. The number of hydrogen-bond acceptors (Lipinski definition) is 3. The molecule has 1 unspecified atom stereocenters. The first-order valence-corrected chi connectivity index (χ1v) is 8.84. The first-order valence-electron chi connectivity index (χ1n) is 8.84. The number of nitrogens with zero attached hydrogens (tertiary/aromatic N) is 1. The Hall–Kier alpha value is -1.68. The molecular weight excluding hydrogens is 298 g/mol. The molecule has 2 aromatic rings. The molecule has 3 nitrogen and oxygen atoms in total. The van der Waals surface area contributed by atoms with Gasteiger partial charge in [0.05, 0.1) is 18.8 Å². The monoisotopic (exact) mass is 325 g/mol. The van der Waals surface area contributed by atoms with Gasteiger partial charge in [-0.2, -0.15) is 0 Å². The molecule has 3 rings (SSSR count). The Labute approximate surface area is 144 Å². The number of morpholine rings is 1. The third-order valence-corrected chi connectivity index (χ3v) is 4.83. The average molecular weight is 325 g/mol. The smallest absolute Gasteiger partial charge is 0.0875 e. The summed E-state index contributed by atoms with van der Waals surface area (Å²) in [5.74, 6) is 0. The summed E-state index contributed by atoms with van der Waals surface area (Å²) in [4.78, 5) is 2.42. The molecule has 0 spiro atoms. The van der Waals surface area contributed by atoms with Crippen LogP contribution in [0.2, 0.25) is 0 Å². The lowest BCUT2D eigenvalue weighted by molar-refractivity contribution is 0.0224. The van der Waals surface area contributed by atoms with Gasteiger partial charge in [0.1, 0.15) is 0 Å². The predicted octanol–water partition coefficient (Wildman–Crippen LogP) is 3.67. The normalized spacial score (nSPS) is 18.2. The molecule has 128 valence electrons. The topological polar surface area (TPSA) is 32.7 Å². The van der Waals surface area contributed by atoms with Gasteiger partial charge in [0.25, 0.3) is 0 Å². The van der Waals surface area contributed by atoms with E-state index in [0.717, 1.165) is 62.4 Å². The van der Waals surface area contributed by atoms with Gasteiger partial charge in [0.15, 0.2) is 0 Å². The summed E-state index contributed by atoms with van der Waals surface area (Å²) >= 11 is 0. The minimum atomic E-state index is -0.821. The summed E-state index contributed by atoms with van der Waals surface area (Å²) in [5.41, 5.74) is 2.47. The van der Waals surface area contributed by atoms with Crippen molar-refractivity contribution in [2.45, 2.75) is 25.4 Å². The summed E-state index contributed by atoms with van der Waals surface area (Å²) in [6.45, 7) is 6.62. The van der Waals surface area contributed by atoms with Gasteiger partial charge in [0, 0.05) is 13.1 Å². The molecular formula is C21H27NO2. The van der Waals surface area contributed by atoms with E-state index in [1.165, 1.54) is 0 Å². The molecule has 0 radical (unpaired) electrons. The lowest BCUT2D eigenvalue weighted by Gasteiger charge is -2.30. The fourth-order valence-corrected chi connectivity index (χ4v) is 3.43. The fraction of sp³-hybridized carbons (Fsp3) is 0.429. The molecule has 1 atom stereocenters. The first-order chi connectivity index (χ1) is 11.7. The average Bonchev–Trinajstić information content (AvgIpc) is 2.63. The minimum absolute atomic E-state index is 0.758. The van der Waals surface area contributed by atoms with Crippen LogP contribution in [0.1, 0.15) is 25.3 Å². The summed E-state index contributed by atoms with van der Waals surface area (Å²) in [5, 5.41) is 11.1. The molecule has 2 aromatic carbocycles. The second-order valence-electron chi connectivity index (χ2n) is 6.74. The van der Waals surface area contributed by atoms with E-state index >= 15 is 0 Å². The van der Waals surface area contributed by atoms with Crippen LogP contribution in [0.5, 0.6) is 0 Å². The van der Waals surface area contributed by atoms with Crippen molar-refractivity contribution in [3.05, 3.63) is 60.2 Å². The molecule has 1 fully saturated rings. The van der Waals surface area contributed by atoms with Crippen molar-refractivity contribution >= 4 is 0 Å². The Morgan fingerprint density at radius 2 is 1.67 bits per heavy atom. The van der Waals surface area contributed by atoms with Crippen LogP contribution in [-0.4, -0.2) is 42.9 Å². The van der Waals surface area contributed by atoms with Gasteiger partial charge in [-0.25, -0.2) is 0 Å². The number of rotatable bonds is 6. The van der Waals surface area contributed by atoms with Crippen molar-refractivity contribution in [3.8, 4) is 11.1 Å². The second kappa shape index (κ2) is 7.93. The zero-order chi connectivity index (χ0) is 16.8. The number of benzene rings is 2. The van der Waals surface area contributed by atoms with Gasteiger partial charge in [-0.05, 0) is 43.0 Å². The Morgan fingerprint density at radius 1 is 1.00 bits per heavy atom. The third-order valence-electron chi connectivity index (χ3n) is 4.83. The fourth-order valence-electron chi connectivity index (χ4n) is 3.43. The van der Waals surface area contributed by atoms with E-state index in [4.69, 9.17) is 4.74 Å². The van der Waals surface area contributed by atoms with E-state index in [0.29, 0.717) is 0 Å². The summed E-state index contributed by atoms with van der Waals surface area (Å²) < 4.78 is 5.39. The molecule has 1 heterocycles. The lowest BCUT2D eigenvalue weighted by atomic mass is 9.85. The van der Waals surface area contributed by atoms with E-state index in [1.807, 2.05) is 37.3 Å². The van der Waals surface area contributed by atoms with Gasteiger partial charge < -0.3 is 9.84 Å². The van der Waals surface area contributed by atoms with Gasteiger partial charge >= 0.3 is 0 Å². The van der Waals surface area contributed by atoms with Crippen LogP contribution in [0, 0.1) is 0 Å². The summed E-state index contributed by atoms with van der Waals surface area (Å²) in [6, 6.07) is 18.5. The Balaban J connectivity index is 1.70. The van der Waals surface area contributed by atoms with Crippen molar-refractivity contribution in [2.24, 2.45) is 0 Å². The zero-order valence-electron chi connectivity index (χ0n) is 14.4. The Bertz CT molecular complexity index is 633. The minimum Gasteiger partial charge on any atom is -0.385 e. The Kier molecular flexibility index (Phi) is 5.67. The van der Waals surface area contributed by atoms with Crippen molar-refractivity contribution in [1.82, 2.24) is 4.90 Å². The van der Waals surface area contributed by atoms with Crippen LogP contribution in [0.15, 0.2) is 54.6 Å². The lowest BCUT2D eigenvalue weighted by Crippen LogP contribution is -2.37. The van der Waals surface area contributed by atoms with Crippen molar-refractivity contribution in [1.29, 1.82) is 0 Å². The molecule has 1 N–H and O–H groups in total. The van der Waals surface area contributed by atoms with Crippen molar-refractivity contribution in [3.63, 3.8) is 0 Å². The molecule has 1 saturated heterocycles. The highest BCUT2D eigenvalue weighted by Crippen LogP contribution is 2.34. The van der Waals surface area contributed by atoms with Gasteiger partial charge in [-0.15, -0.1) is 0 Å². The zero-order valence-corrected chi connectivity index (χ0v) is 14.4. The van der Waals surface area contributed by atoms with Crippen LogP contribution in [0.3, 0.4) is 0 Å². The molecule has 1 aliphatic heterocycles. The van der Waals surface area contributed by atoms with E-state index in [-0.39, 0.29) is 0 Å². The number of aliphatic hydroxyl groups is 1. The van der Waals surface area contributed by atoms with Gasteiger partial charge in [0.2, 0.25) is 0 Å². The SMILES string of the molecule is CC(O)(CCCN1CCOCC1)c1ccccc1-c1ccccc1. The predicted molar refractivity (Wildman–Crippen MR) is 97.9 cm³/mol. The van der Waals surface area contributed by atoms with Crippen LogP contribution in [0.4, 0.5) is 0 Å². The largest absolute Gasteiger partial charge is 0.385 e. The molecule has 0 bridgehead atoms. The molecule has 0 aromatic heterocycles. The third kappa shape index (κ3) is 4.23. The maximum atomic E-state index is 11.1. The van der Waals surface area contributed by atoms with Crippen molar-refractivity contribution < 1.29 is 9.84 Å². The summed E-state index contributed by atoms with van der Waals surface area (Å²) in [7, 11) is 0. The maximum absolute atomic E-state index is 11.1. The first kappa shape index (κ1) is 17.2. The van der Waals surface area contributed by atoms with Crippen LogP contribution < -0.4 is 0 Å². The molecule has 0 aliphatic carbocycles. The Morgan fingerprint density at radius 3 is 2.42 bits per heavy atom. The van der Waals surface area contributed by atoms with Crippen molar-refractivity contribution in [2.75, 3.05) is 32.8 Å². The highest BCUT2D eigenvalue weighted by atomic mass is 16.5. The van der Waals surface area contributed by atoms with Crippen LogP contribution in [0.25, 0.3) is 11.1 Å². The van der Waals surface area contributed by atoms with E-state index in [2.05, 4.69) is 29.2 Å². The molecule has 1 aliphatic rings. The number of ether oxygens (including phenoxy) is 1. The quantitative estimate of drug-likeness (QED) is 0.879. The van der Waals surface area contributed by atoms with E-state index in [9.17, 15) is 5.11 Å². The molecule has 24 heavy (non-hydrogen) atoms. The summed E-state index contributed by atoms with van der Waals surface area (Å²) in [6.07, 6.45) is 1.74. The van der Waals surface area contributed by atoms with E-state index in [1.54, 1.807) is 0 Å². The highest BCUT2D eigenvalue weighted by Gasteiger charge is 2.26.